The van der Waals surface area contributed by atoms with Gasteiger partial charge in [-0.25, -0.2) is 0 Å². The summed E-state index contributed by atoms with van der Waals surface area (Å²) < 4.78 is 0. The van der Waals surface area contributed by atoms with Gasteiger partial charge in [-0.1, -0.05) is 13.8 Å². The topological polar surface area (TPSA) is 54.4 Å². The van der Waals surface area contributed by atoms with Gasteiger partial charge in [0.1, 0.15) is 6.29 Å². The predicted octanol–water partition coefficient (Wildman–Crippen LogP) is 1.71. The maximum Gasteiger partial charge on any atom is 0.303 e. The van der Waals surface area contributed by atoms with Crippen molar-refractivity contribution < 1.29 is 14.7 Å². The maximum absolute atomic E-state index is 10.5. The SMILES string of the molecule is CC1(C)C(CC=O)CC1CC(=O)O. The van der Waals surface area contributed by atoms with Crippen LogP contribution >= 0.6 is 0 Å². The van der Waals surface area contributed by atoms with Crippen LogP contribution in [-0.4, -0.2) is 17.4 Å². The number of aliphatic carboxylic acids is 1. The lowest BCUT2D eigenvalue weighted by Gasteiger charge is -2.51. The van der Waals surface area contributed by atoms with E-state index < -0.39 is 5.97 Å². The molecule has 0 heterocycles. The number of aldehydes is 1. The van der Waals surface area contributed by atoms with Crippen molar-refractivity contribution in [1.82, 2.24) is 0 Å². The highest BCUT2D eigenvalue weighted by Crippen LogP contribution is 2.53. The van der Waals surface area contributed by atoms with Crippen molar-refractivity contribution in [3.05, 3.63) is 0 Å². The van der Waals surface area contributed by atoms with Crippen LogP contribution in [0.4, 0.5) is 0 Å². The molecule has 1 N–H and O–H groups in total. The van der Waals surface area contributed by atoms with Crippen LogP contribution in [0.15, 0.2) is 0 Å². The molecule has 0 aromatic heterocycles. The number of hydrogen-bond acceptors (Lipinski definition) is 2. The molecule has 0 aromatic rings. The molecule has 1 fully saturated rings. The monoisotopic (exact) mass is 184 g/mol. The van der Waals surface area contributed by atoms with E-state index in [0.717, 1.165) is 12.7 Å². The Morgan fingerprint density at radius 1 is 1.54 bits per heavy atom. The quantitative estimate of drug-likeness (QED) is 0.677. The number of carbonyl (C=O) groups is 2. The predicted molar refractivity (Wildman–Crippen MR) is 48.3 cm³/mol. The molecule has 3 nitrogen and oxygen atoms in total. The van der Waals surface area contributed by atoms with Crippen LogP contribution in [0.25, 0.3) is 0 Å². The van der Waals surface area contributed by atoms with Crippen LogP contribution < -0.4 is 0 Å². The van der Waals surface area contributed by atoms with Crippen LogP contribution in [-0.2, 0) is 9.59 Å². The van der Waals surface area contributed by atoms with E-state index in [9.17, 15) is 9.59 Å². The summed E-state index contributed by atoms with van der Waals surface area (Å²) >= 11 is 0. The molecule has 13 heavy (non-hydrogen) atoms. The fourth-order valence-corrected chi connectivity index (χ4v) is 2.20. The molecule has 0 bridgehead atoms. The summed E-state index contributed by atoms with van der Waals surface area (Å²) in [7, 11) is 0. The number of hydrogen-bond donors (Lipinski definition) is 1. The largest absolute Gasteiger partial charge is 0.481 e. The molecule has 1 rings (SSSR count). The zero-order valence-corrected chi connectivity index (χ0v) is 8.12. The van der Waals surface area contributed by atoms with E-state index in [-0.39, 0.29) is 17.8 Å². The molecule has 1 aliphatic carbocycles. The van der Waals surface area contributed by atoms with Crippen LogP contribution in [0, 0.1) is 17.3 Å². The van der Waals surface area contributed by atoms with Gasteiger partial charge in [-0.15, -0.1) is 0 Å². The van der Waals surface area contributed by atoms with Crippen LogP contribution in [0.2, 0.25) is 0 Å². The average molecular weight is 184 g/mol. The lowest BCUT2D eigenvalue weighted by molar-refractivity contribution is -0.143. The van der Waals surface area contributed by atoms with Crippen LogP contribution in [0.1, 0.15) is 33.1 Å². The first-order valence-electron chi connectivity index (χ1n) is 4.64. The molecule has 0 aliphatic heterocycles. The first kappa shape index (κ1) is 10.2. The highest BCUT2D eigenvalue weighted by atomic mass is 16.4. The van der Waals surface area contributed by atoms with Gasteiger partial charge >= 0.3 is 5.97 Å². The Bertz CT molecular complexity index is 220. The van der Waals surface area contributed by atoms with Gasteiger partial charge in [-0.3, -0.25) is 4.79 Å². The van der Waals surface area contributed by atoms with Crippen molar-refractivity contribution in [3.8, 4) is 0 Å². The van der Waals surface area contributed by atoms with Crippen molar-refractivity contribution in [1.29, 1.82) is 0 Å². The van der Waals surface area contributed by atoms with Crippen LogP contribution in [0.5, 0.6) is 0 Å². The van der Waals surface area contributed by atoms with E-state index >= 15 is 0 Å². The fraction of sp³-hybridized carbons (Fsp3) is 0.800. The van der Waals surface area contributed by atoms with Crippen LogP contribution in [0.3, 0.4) is 0 Å². The Morgan fingerprint density at radius 2 is 2.15 bits per heavy atom. The molecular formula is C10H16O3. The zero-order chi connectivity index (χ0) is 10.1. The highest BCUT2D eigenvalue weighted by Gasteiger charge is 2.47. The number of carboxylic acid groups (broad SMARTS) is 1. The second kappa shape index (κ2) is 3.48. The molecule has 74 valence electrons. The van der Waals surface area contributed by atoms with Crippen molar-refractivity contribution in [2.75, 3.05) is 0 Å². The second-order valence-corrected chi connectivity index (χ2v) is 4.45. The van der Waals surface area contributed by atoms with E-state index in [1.54, 1.807) is 0 Å². The third kappa shape index (κ3) is 1.90. The molecule has 3 heteroatoms. The third-order valence-electron chi connectivity index (χ3n) is 3.48. The summed E-state index contributed by atoms with van der Waals surface area (Å²) in [5, 5.41) is 8.63. The zero-order valence-electron chi connectivity index (χ0n) is 8.12. The summed E-state index contributed by atoms with van der Waals surface area (Å²) in [4.78, 5) is 20.8. The van der Waals surface area contributed by atoms with Gasteiger partial charge in [0.25, 0.3) is 0 Å². The Morgan fingerprint density at radius 3 is 2.54 bits per heavy atom. The van der Waals surface area contributed by atoms with Gasteiger partial charge < -0.3 is 9.90 Å². The first-order chi connectivity index (χ1) is 5.98. The lowest BCUT2D eigenvalue weighted by atomic mass is 9.53. The maximum atomic E-state index is 10.5. The Balaban J connectivity index is 2.48. The number of carbonyl (C=O) groups excluding carboxylic acids is 1. The van der Waals surface area contributed by atoms with Gasteiger partial charge in [0.2, 0.25) is 0 Å². The molecule has 1 aliphatic rings. The van der Waals surface area contributed by atoms with Gasteiger partial charge in [0.15, 0.2) is 0 Å². The van der Waals surface area contributed by atoms with Gasteiger partial charge in [0.05, 0.1) is 0 Å². The highest BCUT2D eigenvalue weighted by molar-refractivity contribution is 5.67. The Labute approximate surface area is 78.1 Å². The smallest absolute Gasteiger partial charge is 0.303 e. The normalized spacial score (nSPS) is 30.6. The summed E-state index contributed by atoms with van der Waals surface area (Å²) in [5.74, 6) is -0.105. The molecule has 0 amide bonds. The molecule has 0 radical (unpaired) electrons. The van der Waals surface area contributed by atoms with Crippen molar-refractivity contribution in [2.24, 2.45) is 17.3 Å². The molecule has 0 saturated heterocycles. The van der Waals surface area contributed by atoms with E-state index in [1.165, 1.54) is 0 Å². The summed E-state index contributed by atoms with van der Waals surface area (Å²) in [6.45, 7) is 4.11. The van der Waals surface area contributed by atoms with E-state index in [0.29, 0.717) is 12.3 Å². The summed E-state index contributed by atoms with van der Waals surface area (Å²) in [6, 6.07) is 0. The van der Waals surface area contributed by atoms with E-state index in [1.807, 2.05) is 0 Å². The third-order valence-corrected chi connectivity index (χ3v) is 3.48. The van der Waals surface area contributed by atoms with Gasteiger partial charge in [-0.2, -0.15) is 0 Å². The van der Waals surface area contributed by atoms with Gasteiger partial charge in [-0.05, 0) is 23.7 Å². The van der Waals surface area contributed by atoms with E-state index in [4.69, 9.17) is 5.11 Å². The van der Waals surface area contributed by atoms with Crippen molar-refractivity contribution in [3.63, 3.8) is 0 Å². The molecule has 0 spiro atoms. The van der Waals surface area contributed by atoms with Crippen molar-refractivity contribution >= 4 is 12.3 Å². The lowest BCUT2D eigenvalue weighted by Crippen LogP contribution is -2.45. The number of rotatable bonds is 4. The summed E-state index contributed by atoms with van der Waals surface area (Å²) in [5.41, 5.74) is 0.0271. The van der Waals surface area contributed by atoms with E-state index in [2.05, 4.69) is 13.8 Å². The molecule has 2 atom stereocenters. The van der Waals surface area contributed by atoms with Gasteiger partial charge in [0, 0.05) is 12.8 Å². The molecule has 1 saturated carbocycles. The standard InChI is InChI=1S/C10H16O3/c1-10(2)7(3-4-11)5-8(10)6-9(12)13/h4,7-8H,3,5-6H2,1-2H3,(H,12,13). The second-order valence-electron chi connectivity index (χ2n) is 4.45. The minimum Gasteiger partial charge on any atom is -0.481 e. The fourth-order valence-electron chi connectivity index (χ4n) is 2.20. The molecule has 2 unspecified atom stereocenters. The molecular weight excluding hydrogens is 168 g/mol. The Hall–Kier alpha value is -0.860. The average Bonchev–Trinajstić information content (AvgIpc) is 2.02. The molecule has 0 aromatic carbocycles. The Kier molecular flexibility index (Phi) is 2.74. The number of carboxylic acids is 1. The first-order valence-corrected chi connectivity index (χ1v) is 4.64. The minimum atomic E-state index is -0.734. The van der Waals surface area contributed by atoms with Crippen molar-refractivity contribution in [2.45, 2.75) is 33.1 Å². The summed E-state index contributed by atoms with van der Waals surface area (Å²) in [6.07, 6.45) is 2.63. The minimum absolute atomic E-state index is 0.0271.